The molecule has 0 saturated carbocycles. The summed E-state index contributed by atoms with van der Waals surface area (Å²) in [6.45, 7) is 0. The summed E-state index contributed by atoms with van der Waals surface area (Å²) in [7, 11) is 0. The van der Waals surface area contributed by atoms with Gasteiger partial charge in [0, 0.05) is 10.5 Å². The Bertz CT molecular complexity index is 1480. The highest BCUT2D eigenvalue weighted by molar-refractivity contribution is 9.10. The lowest BCUT2D eigenvalue weighted by Crippen LogP contribution is -2.22. The standard InChI is InChI=1S/C23H13BrF2N4O/c24-14-6-9-16(10-7-14)29-21(18-11-8-15(25)12-20(18)26)28-22-19(23(29)31)13-27-30(22)17-4-2-1-3-5-17/h1-13H. The van der Waals surface area contributed by atoms with E-state index in [0.29, 0.717) is 11.4 Å². The number of benzene rings is 3. The van der Waals surface area contributed by atoms with Crippen molar-refractivity contribution in [3.8, 4) is 22.8 Å². The van der Waals surface area contributed by atoms with E-state index in [1.807, 2.05) is 30.3 Å². The van der Waals surface area contributed by atoms with E-state index < -0.39 is 17.2 Å². The van der Waals surface area contributed by atoms with Gasteiger partial charge in [0.1, 0.15) is 17.0 Å². The lowest BCUT2D eigenvalue weighted by Gasteiger charge is -2.14. The van der Waals surface area contributed by atoms with Gasteiger partial charge in [0.2, 0.25) is 0 Å². The van der Waals surface area contributed by atoms with E-state index in [1.54, 1.807) is 24.3 Å². The van der Waals surface area contributed by atoms with Crippen LogP contribution in [0.1, 0.15) is 0 Å². The number of nitrogens with zero attached hydrogens (tertiary/aromatic N) is 4. The molecule has 2 heterocycles. The SMILES string of the molecule is O=c1c2cnn(-c3ccccc3)c2nc(-c2ccc(F)cc2F)n1-c1ccc(Br)cc1. The van der Waals surface area contributed by atoms with Crippen molar-refractivity contribution in [1.29, 1.82) is 0 Å². The van der Waals surface area contributed by atoms with Crippen molar-refractivity contribution >= 4 is 27.0 Å². The first kappa shape index (κ1) is 19.3. The van der Waals surface area contributed by atoms with Gasteiger partial charge in [-0.05, 0) is 48.5 Å². The minimum Gasteiger partial charge on any atom is -0.268 e. The molecule has 0 fully saturated rings. The van der Waals surface area contributed by atoms with Crippen molar-refractivity contribution in [2.45, 2.75) is 0 Å². The molecule has 31 heavy (non-hydrogen) atoms. The topological polar surface area (TPSA) is 52.7 Å². The first-order chi connectivity index (χ1) is 15.0. The Balaban J connectivity index is 1.88. The van der Waals surface area contributed by atoms with Crippen molar-refractivity contribution in [3.63, 3.8) is 0 Å². The maximum Gasteiger partial charge on any atom is 0.269 e. The zero-order valence-corrected chi connectivity index (χ0v) is 17.4. The second kappa shape index (κ2) is 7.55. The minimum atomic E-state index is -0.817. The minimum absolute atomic E-state index is 0.00382. The molecule has 0 spiro atoms. The van der Waals surface area contributed by atoms with Crippen LogP contribution >= 0.6 is 15.9 Å². The Labute approximate surface area is 183 Å². The number of fused-ring (bicyclic) bond motifs is 1. The largest absolute Gasteiger partial charge is 0.269 e. The molecule has 5 nitrogen and oxygen atoms in total. The zero-order chi connectivity index (χ0) is 21.5. The molecule has 3 aromatic carbocycles. The van der Waals surface area contributed by atoms with Crippen molar-refractivity contribution in [2.75, 3.05) is 0 Å². The predicted octanol–water partition coefficient (Wildman–Crippen LogP) is 5.28. The highest BCUT2D eigenvalue weighted by Gasteiger charge is 2.20. The number of aromatic nitrogens is 4. The summed E-state index contributed by atoms with van der Waals surface area (Å²) in [6.07, 6.45) is 1.44. The Hall–Kier alpha value is -3.65. The van der Waals surface area contributed by atoms with Gasteiger partial charge >= 0.3 is 0 Å². The van der Waals surface area contributed by atoms with Gasteiger partial charge in [0.15, 0.2) is 11.5 Å². The molecule has 2 aromatic heterocycles. The quantitative estimate of drug-likeness (QED) is 0.354. The van der Waals surface area contributed by atoms with Crippen molar-refractivity contribution in [2.24, 2.45) is 0 Å². The Kier molecular flexibility index (Phi) is 4.71. The van der Waals surface area contributed by atoms with Gasteiger partial charge in [-0.15, -0.1) is 0 Å². The summed E-state index contributed by atoms with van der Waals surface area (Å²) in [5.41, 5.74) is 1.07. The Morgan fingerprint density at radius 3 is 2.32 bits per heavy atom. The maximum absolute atomic E-state index is 14.8. The molecular formula is C23H13BrF2N4O. The van der Waals surface area contributed by atoms with Crippen LogP contribution in [0.4, 0.5) is 8.78 Å². The third kappa shape index (κ3) is 3.34. The highest BCUT2D eigenvalue weighted by atomic mass is 79.9. The van der Waals surface area contributed by atoms with Crippen LogP contribution in [0, 0.1) is 11.6 Å². The van der Waals surface area contributed by atoms with Crippen LogP contribution < -0.4 is 5.56 Å². The molecule has 0 bridgehead atoms. The second-order valence-corrected chi connectivity index (χ2v) is 7.72. The van der Waals surface area contributed by atoms with Crippen LogP contribution in [0.2, 0.25) is 0 Å². The van der Waals surface area contributed by atoms with Gasteiger partial charge in [-0.3, -0.25) is 9.36 Å². The molecule has 5 aromatic rings. The molecule has 0 unspecified atom stereocenters. The number of hydrogen-bond acceptors (Lipinski definition) is 3. The van der Waals surface area contributed by atoms with E-state index in [9.17, 15) is 13.6 Å². The summed E-state index contributed by atoms with van der Waals surface area (Å²) in [5, 5.41) is 4.60. The summed E-state index contributed by atoms with van der Waals surface area (Å²) >= 11 is 3.37. The number of halogens is 3. The van der Waals surface area contributed by atoms with E-state index in [-0.39, 0.29) is 22.4 Å². The van der Waals surface area contributed by atoms with E-state index in [1.165, 1.54) is 21.5 Å². The Morgan fingerprint density at radius 1 is 0.871 bits per heavy atom. The van der Waals surface area contributed by atoms with Gasteiger partial charge in [-0.1, -0.05) is 34.1 Å². The molecule has 152 valence electrons. The van der Waals surface area contributed by atoms with Crippen molar-refractivity contribution in [3.05, 3.63) is 105 Å². The molecule has 5 rings (SSSR count). The van der Waals surface area contributed by atoms with Crippen molar-refractivity contribution in [1.82, 2.24) is 19.3 Å². The normalized spacial score (nSPS) is 11.2. The molecule has 0 atom stereocenters. The fourth-order valence-corrected chi connectivity index (χ4v) is 3.67. The van der Waals surface area contributed by atoms with E-state index in [0.717, 1.165) is 16.6 Å². The van der Waals surface area contributed by atoms with Crippen LogP contribution in [0.25, 0.3) is 33.8 Å². The molecule has 0 radical (unpaired) electrons. The summed E-state index contributed by atoms with van der Waals surface area (Å²) in [5.74, 6) is -1.48. The van der Waals surface area contributed by atoms with Gasteiger partial charge in [0.25, 0.3) is 5.56 Å². The number of hydrogen-bond donors (Lipinski definition) is 0. The fraction of sp³-hybridized carbons (Fsp3) is 0. The smallest absolute Gasteiger partial charge is 0.268 e. The molecular weight excluding hydrogens is 466 g/mol. The van der Waals surface area contributed by atoms with Crippen molar-refractivity contribution < 1.29 is 8.78 Å². The zero-order valence-electron chi connectivity index (χ0n) is 15.8. The molecule has 0 amide bonds. The molecule has 0 aliphatic rings. The lowest BCUT2D eigenvalue weighted by atomic mass is 10.1. The molecule has 0 aliphatic heterocycles. The third-order valence-electron chi connectivity index (χ3n) is 4.86. The number of para-hydroxylation sites is 1. The summed E-state index contributed by atoms with van der Waals surface area (Å²) in [4.78, 5) is 18.1. The fourth-order valence-electron chi connectivity index (χ4n) is 3.41. The van der Waals surface area contributed by atoms with E-state index in [2.05, 4.69) is 26.0 Å². The molecule has 0 saturated heterocycles. The third-order valence-corrected chi connectivity index (χ3v) is 5.39. The van der Waals surface area contributed by atoms with E-state index >= 15 is 0 Å². The van der Waals surface area contributed by atoms with Crippen LogP contribution in [0.5, 0.6) is 0 Å². The van der Waals surface area contributed by atoms with Crippen LogP contribution in [0.15, 0.2) is 88.3 Å². The highest BCUT2D eigenvalue weighted by Crippen LogP contribution is 2.26. The lowest BCUT2D eigenvalue weighted by molar-refractivity contribution is 0.584. The van der Waals surface area contributed by atoms with Gasteiger partial charge in [-0.25, -0.2) is 18.4 Å². The van der Waals surface area contributed by atoms with E-state index in [4.69, 9.17) is 0 Å². The molecule has 0 N–H and O–H groups in total. The van der Waals surface area contributed by atoms with Gasteiger partial charge < -0.3 is 0 Å². The Morgan fingerprint density at radius 2 is 1.61 bits per heavy atom. The predicted molar refractivity (Wildman–Crippen MR) is 118 cm³/mol. The van der Waals surface area contributed by atoms with Gasteiger partial charge in [-0.2, -0.15) is 5.10 Å². The summed E-state index contributed by atoms with van der Waals surface area (Å²) < 4.78 is 32.0. The average molecular weight is 479 g/mol. The molecule has 8 heteroatoms. The second-order valence-electron chi connectivity index (χ2n) is 6.81. The average Bonchev–Trinajstić information content (AvgIpc) is 3.20. The summed E-state index contributed by atoms with van der Waals surface area (Å²) in [6, 6.07) is 19.3. The van der Waals surface area contributed by atoms with Gasteiger partial charge in [0.05, 0.1) is 23.1 Å². The monoisotopic (exact) mass is 478 g/mol. The molecule has 0 aliphatic carbocycles. The van der Waals surface area contributed by atoms with Crippen LogP contribution in [0.3, 0.4) is 0 Å². The first-order valence-corrected chi connectivity index (χ1v) is 10.1. The van der Waals surface area contributed by atoms with Crippen LogP contribution in [-0.4, -0.2) is 19.3 Å². The van der Waals surface area contributed by atoms with Crippen LogP contribution in [-0.2, 0) is 0 Å². The first-order valence-electron chi connectivity index (χ1n) is 9.30. The maximum atomic E-state index is 14.8. The number of rotatable bonds is 3.